The Morgan fingerprint density at radius 1 is 1.33 bits per heavy atom. The van der Waals surface area contributed by atoms with Gasteiger partial charge in [-0.05, 0) is 37.9 Å². The summed E-state index contributed by atoms with van der Waals surface area (Å²) in [6.45, 7) is 0.759. The minimum atomic E-state index is 0.588. The number of aryl methyl sites for hydroxylation is 1. The van der Waals surface area contributed by atoms with Crippen molar-refractivity contribution in [2.24, 2.45) is 5.73 Å². The highest BCUT2D eigenvalue weighted by Gasteiger charge is 2.26. The molecule has 0 spiro atoms. The van der Waals surface area contributed by atoms with E-state index in [4.69, 9.17) is 10.7 Å². The lowest BCUT2D eigenvalue weighted by Crippen LogP contribution is -2.05. The van der Waals surface area contributed by atoms with E-state index in [2.05, 4.69) is 40.2 Å². The lowest BCUT2D eigenvalue weighted by Gasteiger charge is -2.06. The first-order chi connectivity index (χ1) is 8.78. The van der Waals surface area contributed by atoms with Crippen LogP contribution in [0, 0.1) is 0 Å². The van der Waals surface area contributed by atoms with Crippen LogP contribution in [0.25, 0.3) is 10.6 Å². The molecule has 0 amide bonds. The van der Waals surface area contributed by atoms with E-state index in [0.717, 1.165) is 22.4 Å². The van der Waals surface area contributed by atoms with Crippen molar-refractivity contribution in [3.05, 3.63) is 39.3 Å². The van der Waals surface area contributed by atoms with E-state index in [9.17, 15) is 0 Å². The van der Waals surface area contributed by atoms with Crippen molar-refractivity contribution in [1.29, 1.82) is 0 Å². The summed E-state index contributed by atoms with van der Waals surface area (Å²) < 4.78 is 1.11. The Balaban J connectivity index is 1.92. The van der Waals surface area contributed by atoms with Crippen molar-refractivity contribution in [2.45, 2.75) is 25.2 Å². The molecular formula is C14H15BrN2S. The highest BCUT2D eigenvalue weighted by Crippen LogP contribution is 2.40. The van der Waals surface area contributed by atoms with Crippen LogP contribution in [-0.2, 0) is 6.42 Å². The van der Waals surface area contributed by atoms with Crippen LogP contribution in [-0.4, -0.2) is 11.5 Å². The highest BCUT2D eigenvalue weighted by atomic mass is 79.9. The van der Waals surface area contributed by atoms with E-state index < -0.39 is 0 Å². The van der Waals surface area contributed by atoms with Crippen LogP contribution in [0.3, 0.4) is 0 Å². The molecule has 3 rings (SSSR count). The maximum atomic E-state index is 5.67. The predicted octanol–water partition coefficient (Wildman–Crippen LogP) is 3.95. The predicted molar refractivity (Wildman–Crippen MR) is 80.0 cm³/mol. The van der Waals surface area contributed by atoms with Gasteiger partial charge in [0.1, 0.15) is 5.01 Å². The van der Waals surface area contributed by atoms with Gasteiger partial charge in [-0.1, -0.05) is 28.1 Å². The zero-order chi connectivity index (χ0) is 12.5. The minimum absolute atomic E-state index is 0.588. The highest BCUT2D eigenvalue weighted by molar-refractivity contribution is 9.10. The average molecular weight is 323 g/mol. The Hall–Kier alpha value is -0.710. The van der Waals surface area contributed by atoms with Gasteiger partial charge in [0.05, 0.1) is 5.69 Å². The maximum Gasteiger partial charge on any atom is 0.123 e. The van der Waals surface area contributed by atoms with Crippen molar-refractivity contribution >= 4 is 27.3 Å². The van der Waals surface area contributed by atoms with E-state index in [1.807, 2.05) is 11.3 Å². The number of rotatable bonds is 3. The molecule has 2 N–H and O–H groups in total. The fourth-order valence-electron chi connectivity index (χ4n) is 2.50. The molecule has 2 nitrogen and oxygen atoms in total. The number of hydrogen-bond donors (Lipinski definition) is 1. The third kappa shape index (κ3) is 2.25. The summed E-state index contributed by atoms with van der Waals surface area (Å²) in [4.78, 5) is 6.30. The van der Waals surface area contributed by atoms with Gasteiger partial charge in [-0.25, -0.2) is 4.98 Å². The van der Waals surface area contributed by atoms with E-state index in [1.54, 1.807) is 0 Å². The summed E-state index contributed by atoms with van der Waals surface area (Å²) in [5, 5.41) is 1.15. The van der Waals surface area contributed by atoms with Crippen LogP contribution in [0.2, 0.25) is 0 Å². The van der Waals surface area contributed by atoms with Crippen molar-refractivity contribution in [2.75, 3.05) is 6.54 Å². The Labute approximate surface area is 119 Å². The van der Waals surface area contributed by atoms with Gasteiger partial charge in [0.15, 0.2) is 0 Å². The van der Waals surface area contributed by atoms with Gasteiger partial charge >= 0.3 is 0 Å². The van der Waals surface area contributed by atoms with E-state index >= 15 is 0 Å². The van der Waals surface area contributed by atoms with Crippen molar-refractivity contribution in [3.8, 4) is 10.6 Å². The number of benzene rings is 1. The topological polar surface area (TPSA) is 38.9 Å². The Bertz CT molecular complexity index is 547. The van der Waals surface area contributed by atoms with Crippen LogP contribution < -0.4 is 5.73 Å². The first-order valence-corrected chi connectivity index (χ1v) is 7.84. The second kappa shape index (κ2) is 5.11. The summed E-state index contributed by atoms with van der Waals surface area (Å²) in [5.41, 5.74) is 8.19. The third-order valence-electron chi connectivity index (χ3n) is 3.44. The molecule has 1 aromatic heterocycles. The number of hydrogen-bond acceptors (Lipinski definition) is 3. The number of halogens is 1. The first-order valence-electron chi connectivity index (χ1n) is 6.23. The number of thiazole rings is 1. The normalized spacial score (nSPS) is 18.0. The summed E-state index contributed by atoms with van der Waals surface area (Å²) >= 11 is 5.31. The van der Waals surface area contributed by atoms with Gasteiger partial charge in [0.2, 0.25) is 0 Å². The first kappa shape index (κ1) is 12.3. The molecule has 0 saturated carbocycles. The van der Waals surface area contributed by atoms with Crippen molar-refractivity contribution < 1.29 is 0 Å². The van der Waals surface area contributed by atoms with E-state index in [1.165, 1.54) is 29.0 Å². The van der Waals surface area contributed by atoms with Gasteiger partial charge in [-0.2, -0.15) is 0 Å². The number of nitrogens with zero attached hydrogens (tertiary/aromatic N) is 1. The van der Waals surface area contributed by atoms with Crippen LogP contribution in [0.4, 0.5) is 0 Å². The van der Waals surface area contributed by atoms with Gasteiger partial charge < -0.3 is 5.73 Å². The Morgan fingerprint density at radius 3 is 2.83 bits per heavy atom. The zero-order valence-corrected chi connectivity index (χ0v) is 12.4. The van der Waals surface area contributed by atoms with Crippen LogP contribution in [0.1, 0.15) is 29.3 Å². The molecule has 18 heavy (non-hydrogen) atoms. The second-order valence-electron chi connectivity index (χ2n) is 4.65. The van der Waals surface area contributed by atoms with E-state index in [-0.39, 0.29) is 0 Å². The number of aromatic nitrogens is 1. The molecule has 2 aromatic rings. The van der Waals surface area contributed by atoms with Gasteiger partial charge in [0.25, 0.3) is 0 Å². The van der Waals surface area contributed by atoms with Crippen LogP contribution in [0.15, 0.2) is 28.7 Å². The molecule has 94 valence electrons. The molecule has 1 heterocycles. The smallest absolute Gasteiger partial charge is 0.123 e. The van der Waals surface area contributed by atoms with E-state index in [0.29, 0.717) is 5.92 Å². The zero-order valence-electron chi connectivity index (χ0n) is 10.0. The fourth-order valence-corrected chi connectivity index (χ4v) is 3.93. The molecule has 1 aliphatic carbocycles. The number of nitrogens with two attached hydrogens (primary N) is 1. The quantitative estimate of drug-likeness (QED) is 0.929. The lowest BCUT2D eigenvalue weighted by atomic mass is 10.0. The van der Waals surface area contributed by atoms with Crippen LogP contribution in [0.5, 0.6) is 0 Å². The third-order valence-corrected chi connectivity index (χ3v) is 5.15. The summed E-state index contributed by atoms with van der Waals surface area (Å²) in [5.74, 6) is 0.588. The second-order valence-corrected chi connectivity index (χ2v) is 6.65. The molecule has 1 atom stereocenters. The van der Waals surface area contributed by atoms with Gasteiger partial charge in [-0.3, -0.25) is 0 Å². The molecule has 1 unspecified atom stereocenters. The number of fused-ring (bicyclic) bond motifs is 1. The molecule has 0 saturated heterocycles. The summed E-state index contributed by atoms with van der Waals surface area (Å²) in [6.07, 6.45) is 3.47. The van der Waals surface area contributed by atoms with Crippen molar-refractivity contribution in [3.63, 3.8) is 0 Å². The fraction of sp³-hybridized carbons (Fsp3) is 0.357. The molecule has 1 aliphatic rings. The SMILES string of the molecule is NCCC1CCc2sc(-c3ccc(Br)cc3)nc21. The summed E-state index contributed by atoms with van der Waals surface area (Å²) in [6, 6.07) is 8.38. The summed E-state index contributed by atoms with van der Waals surface area (Å²) in [7, 11) is 0. The largest absolute Gasteiger partial charge is 0.330 e. The average Bonchev–Trinajstić information content (AvgIpc) is 2.93. The Kier molecular flexibility index (Phi) is 3.50. The molecule has 1 aromatic carbocycles. The molecule has 0 aliphatic heterocycles. The van der Waals surface area contributed by atoms with Crippen molar-refractivity contribution in [1.82, 2.24) is 4.98 Å². The molecule has 0 radical (unpaired) electrons. The molecular weight excluding hydrogens is 308 g/mol. The Morgan fingerprint density at radius 2 is 2.11 bits per heavy atom. The molecule has 0 fully saturated rings. The standard InChI is InChI=1S/C14H15BrN2S/c15-11-4-1-10(2-5-11)14-17-13-9(7-8-16)3-6-12(13)18-14/h1-2,4-5,9H,3,6-8,16H2. The lowest BCUT2D eigenvalue weighted by molar-refractivity contribution is 0.616. The minimum Gasteiger partial charge on any atom is -0.330 e. The van der Waals surface area contributed by atoms with Gasteiger partial charge in [-0.15, -0.1) is 11.3 Å². The maximum absolute atomic E-state index is 5.67. The monoisotopic (exact) mass is 322 g/mol. The molecule has 0 bridgehead atoms. The molecule has 4 heteroatoms. The van der Waals surface area contributed by atoms with Gasteiger partial charge in [0, 0.05) is 20.8 Å². The van der Waals surface area contributed by atoms with Crippen LogP contribution >= 0.6 is 27.3 Å².